The van der Waals surface area contributed by atoms with E-state index in [0.29, 0.717) is 11.1 Å². The topological polar surface area (TPSA) is 111 Å². The fourth-order valence-corrected chi connectivity index (χ4v) is 2.85. The SMILES string of the molecule is Cc1ccc(C(=O)O[C@@H]2C[C@@H](n3cc(C)c(=O)[nH]c3=O)O[C@H]2CO)cc1. The van der Waals surface area contributed by atoms with Gasteiger partial charge in [0, 0.05) is 18.2 Å². The van der Waals surface area contributed by atoms with Gasteiger partial charge in [0.15, 0.2) is 0 Å². The summed E-state index contributed by atoms with van der Waals surface area (Å²) in [6.45, 7) is 3.12. The van der Waals surface area contributed by atoms with E-state index in [4.69, 9.17) is 9.47 Å². The lowest BCUT2D eigenvalue weighted by Gasteiger charge is -2.16. The summed E-state index contributed by atoms with van der Waals surface area (Å²) in [6, 6.07) is 6.93. The van der Waals surface area contributed by atoms with Crippen LogP contribution in [0.4, 0.5) is 0 Å². The quantitative estimate of drug-likeness (QED) is 0.775. The molecule has 2 heterocycles. The largest absolute Gasteiger partial charge is 0.456 e. The molecule has 1 fully saturated rings. The Kier molecular flexibility index (Phi) is 5.06. The second-order valence-corrected chi connectivity index (χ2v) is 6.34. The van der Waals surface area contributed by atoms with Crippen LogP contribution in [0, 0.1) is 13.8 Å². The maximum absolute atomic E-state index is 12.3. The predicted molar refractivity (Wildman–Crippen MR) is 92.1 cm³/mol. The second-order valence-electron chi connectivity index (χ2n) is 6.34. The first-order chi connectivity index (χ1) is 12.4. The zero-order valence-electron chi connectivity index (χ0n) is 14.5. The van der Waals surface area contributed by atoms with Crippen LogP contribution in [0.15, 0.2) is 40.1 Å². The minimum absolute atomic E-state index is 0.189. The van der Waals surface area contributed by atoms with Crippen LogP contribution in [-0.2, 0) is 9.47 Å². The van der Waals surface area contributed by atoms with Crippen LogP contribution in [0.3, 0.4) is 0 Å². The smallest absolute Gasteiger partial charge is 0.338 e. The number of carbonyl (C=O) groups is 1. The number of H-pyrrole nitrogens is 1. The molecule has 1 aliphatic rings. The van der Waals surface area contributed by atoms with E-state index in [2.05, 4.69) is 4.98 Å². The molecule has 8 heteroatoms. The number of esters is 1. The van der Waals surface area contributed by atoms with Crippen molar-refractivity contribution in [2.45, 2.75) is 38.7 Å². The maximum atomic E-state index is 12.3. The van der Waals surface area contributed by atoms with E-state index in [1.807, 2.05) is 6.92 Å². The Labute approximate surface area is 149 Å². The summed E-state index contributed by atoms with van der Waals surface area (Å²) in [5, 5.41) is 9.53. The number of nitrogens with zero attached hydrogens (tertiary/aromatic N) is 1. The molecule has 0 amide bonds. The van der Waals surface area contributed by atoms with Crippen LogP contribution in [0.25, 0.3) is 0 Å². The van der Waals surface area contributed by atoms with Crippen molar-refractivity contribution in [2.75, 3.05) is 6.61 Å². The fraction of sp³-hybridized carbons (Fsp3) is 0.389. The molecule has 3 atom stereocenters. The Bertz CT molecular complexity index is 915. The van der Waals surface area contributed by atoms with Gasteiger partial charge in [-0.3, -0.25) is 14.3 Å². The minimum Gasteiger partial charge on any atom is -0.456 e. The highest BCUT2D eigenvalue weighted by atomic mass is 16.6. The molecule has 0 spiro atoms. The number of aromatic nitrogens is 2. The van der Waals surface area contributed by atoms with Crippen LogP contribution in [0.1, 0.15) is 34.1 Å². The third kappa shape index (κ3) is 3.61. The molecule has 0 saturated carbocycles. The minimum atomic E-state index is -0.756. The van der Waals surface area contributed by atoms with E-state index in [9.17, 15) is 19.5 Å². The highest BCUT2D eigenvalue weighted by molar-refractivity contribution is 5.89. The molecule has 0 radical (unpaired) electrons. The number of carbonyl (C=O) groups excluding carboxylic acids is 1. The van der Waals surface area contributed by atoms with Gasteiger partial charge in [-0.15, -0.1) is 0 Å². The maximum Gasteiger partial charge on any atom is 0.338 e. The van der Waals surface area contributed by atoms with E-state index in [0.717, 1.165) is 5.56 Å². The van der Waals surface area contributed by atoms with Gasteiger partial charge in [-0.1, -0.05) is 17.7 Å². The number of nitrogens with one attached hydrogen (secondary N) is 1. The van der Waals surface area contributed by atoms with Gasteiger partial charge in [0.25, 0.3) is 5.56 Å². The molecule has 1 aromatic heterocycles. The summed E-state index contributed by atoms with van der Waals surface area (Å²) in [5.41, 5.74) is 0.687. The summed E-state index contributed by atoms with van der Waals surface area (Å²) in [6.07, 6.45) is -0.629. The van der Waals surface area contributed by atoms with Gasteiger partial charge < -0.3 is 14.6 Å². The number of rotatable bonds is 4. The van der Waals surface area contributed by atoms with Crippen molar-refractivity contribution >= 4 is 5.97 Å². The van der Waals surface area contributed by atoms with Crippen molar-refractivity contribution in [1.82, 2.24) is 9.55 Å². The molecular formula is C18H20N2O6. The standard InChI is InChI=1S/C18H20N2O6/c1-10-3-5-12(6-4-10)17(23)26-13-7-15(25-14(13)9-21)20-8-11(2)16(22)19-18(20)24/h3-6,8,13-15,21H,7,9H2,1-2H3,(H,19,22,24)/t13-,14+,15+/m1/s1. The molecular weight excluding hydrogens is 340 g/mol. The van der Waals surface area contributed by atoms with Gasteiger partial charge in [0.1, 0.15) is 18.4 Å². The second kappa shape index (κ2) is 7.27. The zero-order chi connectivity index (χ0) is 18.8. The van der Waals surface area contributed by atoms with Gasteiger partial charge >= 0.3 is 11.7 Å². The first kappa shape index (κ1) is 18.1. The Morgan fingerprint density at radius 2 is 2.00 bits per heavy atom. The number of aryl methyl sites for hydroxylation is 2. The lowest BCUT2D eigenvalue weighted by Crippen LogP contribution is -2.33. The first-order valence-corrected chi connectivity index (χ1v) is 8.25. The van der Waals surface area contributed by atoms with Gasteiger partial charge in [0.2, 0.25) is 0 Å². The first-order valence-electron chi connectivity index (χ1n) is 8.25. The number of aliphatic hydroxyl groups excluding tert-OH is 1. The Balaban J connectivity index is 1.78. The third-order valence-corrected chi connectivity index (χ3v) is 4.36. The lowest BCUT2D eigenvalue weighted by molar-refractivity contribution is -0.0522. The lowest BCUT2D eigenvalue weighted by atomic mass is 10.1. The highest BCUT2D eigenvalue weighted by Crippen LogP contribution is 2.30. The molecule has 0 bridgehead atoms. The van der Waals surface area contributed by atoms with Gasteiger partial charge in [-0.05, 0) is 26.0 Å². The number of hydrogen-bond donors (Lipinski definition) is 2. The summed E-state index contributed by atoms with van der Waals surface area (Å²) in [7, 11) is 0. The number of ether oxygens (including phenoxy) is 2. The van der Waals surface area contributed by atoms with Crippen LogP contribution < -0.4 is 11.2 Å². The molecule has 26 heavy (non-hydrogen) atoms. The Morgan fingerprint density at radius 3 is 2.65 bits per heavy atom. The number of aliphatic hydroxyl groups is 1. The molecule has 3 rings (SSSR count). The highest BCUT2D eigenvalue weighted by Gasteiger charge is 2.39. The Morgan fingerprint density at radius 1 is 1.31 bits per heavy atom. The predicted octanol–water partition coefficient (Wildman–Crippen LogP) is 0.659. The van der Waals surface area contributed by atoms with Crippen LogP contribution >= 0.6 is 0 Å². The van der Waals surface area contributed by atoms with E-state index in [1.54, 1.807) is 31.2 Å². The van der Waals surface area contributed by atoms with Gasteiger partial charge in [-0.25, -0.2) is 9.59 Å². The summed E-state index contributed by atoms with van der Waals surface area (Å²) >= 11 is 0. The number of aromatic amines is 1. The fourth-order valence-electron chi connectivity index (χ4n) is 2.85. The van der Waals surface area contributed by atoms with Crippen LogP contribution in [-0.4, -0.2) is 39.4 Å². The summed E-state index contributed by atoms with van der Waals surface area (Å²) < 4.78 is 12.4. The molecule has 2 N–H and O–H groups in total. The van der Waals surface area contributed by atoms with Crippen molar-refractivity contribution in [3.8, 4) is 0 Å². The average Bonchev–Trinajstić information content (AvgIpc) is 3.01. The van der Waals surface area contributed by atoms with Crippen LogP contribution in [0.2, 0.25) is 0 Å². The molecule has 138 valence electrons. The van der Waals surface area contributed by atoms with Crippen LogP contribution in [0.5, 0.6) is 0 Å². The van der Waals surface area contributed by atoms with Crippen molar-refractivity contribution < 1.29 is 19.4 Å². The summed E-state index contributed by atoms with van der Waals surface area (Å²) in [4.78, 5) is 38.0. The van der Waals surface area contributed by atoms with Crippen molar-refractivity contribution in [3.63, 3.8) is 0 Å². The van der Waals surface area contributed by atoms with E-state index >= 15 is 0 Å². The van der Waals surface area contributed by atoms with E-state index in [1.165, 1.54) is 10.8 Å². The van der Waals surface area contributed by atoms with Crippen molar-refractivity contribution in [3.05, 3.63) is 68.0 Å². The molecule has 1 aliphatic heterocycles. The van der Waals surface area contributed by atoms with Gasteiger partial charge in [0.05, 0.1) is 12.2 Å². The normalized spacial score (nSPS) is 22.3. The number of benzene rings is 1. The molecule has 0 unspecified atom stereocenters. The summed E-state index contributed by atoms with van der Waals surface area (Å²) in [5.74, 6) is -0.525. The van der Waals surface area contributed by atoms with Gasteiger partial charge in [-0.2, -0.15) is 0 Å². The molecule has 2 aromatic rings. The van der Waals surface area contributed by atoms with Crippen molar-refractivity contribution in [1.29, 1.82) is 0 Å². The monoisotopic (exact) mass is 360 g/mol. The van der Waals surface area contributed by atoms with E-state index < -0.39 is 35.7 Å². The molecule has 8 nitrogen and oxygen atoms in total. The van der Waals surface area contributed by atoms with Crippen molar-refractivity contribution in [2.24, 2.45) is 0 Å². The van der Waals surface area contributed by atoms with E-state index in [-0.39, 0.29) is 13.0 Å². The molecule has 1 saturated heterocycles. The average molecular weight is 360 g/mol. The third-order valence-electron chi connectivity index (χ3n) is 4.36. The molecule has 0 aliphatic carbocycles. The number of hydrogen-bond acceptors (Lipinski definition) is 6. The Hall–Kier alpha value is -2.71. The molecule has 1 aromatic carbocycles. The zero-order valence-corrected chi connectivity index (χ0v) is 14.5.